The minimum absolute atomic E-state index is 0.201. The molecule has 0 aliphatic rings. The lowest BCUT2D eigenvalue weighted by atomic mass is 10.2. The van der Waals surface area contributed by atoms with Crippen LogP contribution in [-0.4, -0.2) is 35.8 Å². The monoisotopic (exact) mass is 253 g/mol. The number of benzene rings is 1. The number of nitrogens with one attached hydrogen (secondary N) is 1. The van der Waals surface area contributed by atoms with Crippen molar-refractivity contribution in [1.82, 2.24) is 0 Å². The fourth-order valence-electron chi connectivity index (χ4n) is 1.39. The first kappa shape index (κ1) is 14.0. The first-order chi connectivity index (χ1) is 8.54. The van der Waals surface area contributed by atoms with Gasteiger partial charge in [0.15, 0.2) is 0 Å². The molecule has 0 aliphatic carbocycles. The van der Waals surface area contributed by atoms with Crippen molar-refractivity contribution in [3.8, 4) is 5.75 Å². The number of rotatable bonds is 6. The van der Waals surface area contributed by atoms with Crippen molar-refractivity contribution in [2.45, 2.75) is 12.8 Å². The number of carboxylic acids is 1. The number of methoxy groups -OCH3 is 1. The number of anilines is 1. The number of ether oxygens (including phenoxy) is 1. The summed E-state index contributed by atoms with van der Waals surface area (Å²) in [6.45, 7) is 0.497. The first-order valence-corrected chi connectivity index (χ1v) is 5.39. The Morgan fingerprint density at radius 2 is 2.11 bits per heavy atom. The molecule has 0 heterocycles. The third-order valence-electron chi connectivity index (χ3n) is 2.26. The molecule has 0 unspecified atom stereocenters. The lowest BCUT2D eigenvalue weighted by Crippen LogP contribution is -2.12. The molecule has 0 saturated heterocycles. The van der Waals surface area contributed by atoms with Gasteiger partial charge in [0.2, 0.25) is 5.91 Å². The summed E-state index contributed by atoms with van der Waals surface area (Å²) in [6.07, 6.45) is 0.900. The molecule has 6 heteroatoms. The maximum atomic E-state index is 11.5. The van der Waals surface area contributed by atoms with Crippen LogP contribution in [0.15, 0.2) is 18.2 Å². The summed E-state index contributed by atoms with van der Waals surface area (Å²) in [7, 11) is 1.56. The van der Waals surface area contributed by atoms with E-state index in [4.69, 9.17) is 9.84 Å². The van der Waals surface area contributed by atoms with Crippen molar-refractivity contribution in [2.24, 2.45) is 0 Å². The Kier molecular flexibility index (Phi) is 5.13. The molecule has 1 aromatic rings. The number of carbonyl (C=O) groups excluding carboxylic acids is 1. The summed E-state index contributed by atoms with van der Waals surface area (Å²) < 4.78 is 4.82. The minimum atomic E-state index is -1.22. The summed E-state index contributed by atoms with van der Waals surface area (Å²) >= 11 is 0. The van der Waals surface area contributed by atoms with Crippen molar-refractivity contribution in [2.75, 3.05) is 19.0 Å². The van der Waals surface area contributed by atoms with Crippen LogP contribution in [0.5, 0.6) is 5.75 Å². The zero-order valence-corrected chi connectivity index (χ0v) is 9.97. The lowest BCUT2D eigenvalue weighted by Gasteiger charge is -2.06. The molecule has 0 bridgehead atoms. The van der Waals surface area contributed by atoms with Gasteiger partial charge in [-0.15, -0.1) is 0 Å². The number of carbonyl (C=O) groups is 2. The molecule has 0 aromatic heterocycles. The van der Waals surface area contributed by atoms with Gasteiger partial charge in [-0.2, -0.15) is 0 Å². The Hall–Kier alpha value is -2.08. The van der Waals surface area contributed by atoms with Crippen LogP contribution >= 0.6 is 0 Å². The van der Waals surface area contributed by atoms with E-state index in [1.165, 1.54) is 18.2 Å². The Morgan fingerprint density at radius 3 is 2.67 bits per heavy atom. The zero-order valence-electron chi connectivity index (χ0n) is 9.97. The van der Waals surface area contributed by atoms with Gasteiger partial charge in [0.1, 0.15) is 11.3 Å². The third kappa shape index (κ3) is 4.06. The standard InChI is InChI=1S/C12H15NO5/c1-18-6-2-3-11(15)13-8-4-5-9(12(16)17)10(14)7-8/h4-5,7,14H,2-3,6H2,1H3,(H,13,15)(H,16,17). The largest absolute Gasteiger partial charge is 0.507 e. The van der Waals surface area contributed by atoms with Crippen molar-refractivity contribution in [3.05, 3.63) is 23.8 Å². The highest BCUT2D eigenvalue weighted by atomic mass is 16.5. The molecule has 0 saturated carbocycles. The molecule has 6 nitrogen and oxygen atoms in total. The van der Waals surface area contributed by atoms with E-state index < -0.39 is 5.97 Å². The van der Waals surface area contributed by atoms with Gasteiger partial charge in [0.05, 0.1) is 0 Å². The number of aromatic carboxylic acids is 1. The molecular weight excluding hydrogens is 238 g/mol. The lowest BCUT2D eigenvalue weighted by molar-refractivity contribution is -0.116. The zero-order chi connectivity index (χ0) is 13.5. The number of phenols is 1. The summed E-state index contributed by atoms with van der Waals surface area (Å²) in [5.41, 5.74) is 0.160. The van der Waals surface area contributed by atoms with Gasteiger partial charge in [0.25, 0.3) is 0 Å². The molecule has 0 aliphatic heterocycles. The third-order valence-corrected chi connectivity index (χ3v) is 2.26. The van der Waals surface area contributed by atoms with E-state index in [1.54, 1.807) is 7.11 Å². The Morgan fingerprint density at radius 1 is 1.39 bits per heavy atom. The molecule has 0 atom stereocenters. The summed E-state index contributed by atoms with van der Waals surface area (Å²) in [5.74, 6) is -1.81. The van der Waals surface area contributed by atoms with E-state index in [-0.39, 0.29) is 17.2 Å². The molecule has 18 heavy (non-hydrogen) atoms. The molecule has 1 rings (SSSR count). The maximum absolute atomic E-state index is 11.5. The predicted octanol–water partition coefficient (Wildman–Crippen LogP) is 1.46. The average molecular weight is 253 g/mol. The summed E-state index contributed by atoms with van der Waals surface area (Å²) in [6, 6.07) is 3.87. The van der Waals surface area contributed by atoms with Crippen molar-refractivity contribution >= 4 is 17.6 Å². The molecule has 1 amide bonds. The number of carboxylic acid groups (broad SMARTS) is 1. The van der Waals surface area contributed by atoms with Gasteiger partial charge >= 0.3 is 5.97 Å². The number of aromatic hydroxyl groups is 1. The van der Waals surface area contributed by atoms with Crippen LogP contribution in [0.4, 0.5) is 5.69 Å². The second-order valence-corrected chi connectivity index (χ2v) is 3.68. The van der Waals surface area contributed by atoms with E-state index in [2.05, 4.69) is 5.32 Å². The van der Waals surface area contributed by atoms with Crippen LogP contribution in [0.25, 0.3) is 0 Å². The highest BCUT2D eigenvalue weighted by Crippen LogP contribution is 2.22. The van der Waals surface area contributed by atoms with Gasteiger partial charge in [-0.05, 0) is 18.6 Å². The van der Waals surface area contributed by atoms with E-state index in [1.807, 2.05) is 0 Å². The molecular formula is C12H15NO5. The Bertz CT molecular complexity index is 444. The highest BCUT2D eigenvalue weighted by Gasteiger charge is 2.10. The maximum Gasteiger partial charge on any atom is 0.339 e. The van der Waals surface area contributed by atoms with Gasteiger partial charge in [0, 0.05) is 31.9 Å². The minimum Gasteiger partial charge on any atom is -0.507 e. The highest BCUT2D eigenvalue weighted by molar-refractivity contribution is 5.94. The average Bonchev–Trinajstić information content (AvgIpc) is 2.28. The fourth-order valence-corrected chi connectivity index (χ4v) is 1.39. The van der Waals surface area contributed by atoms with Crippen molar-refractivity contribution in [1.29, 1.82) is 0 Å². The number of amides is 1. The molecule has 98 valence electrons. The number of hydrogen-bond acceptors (Lipinski definition) is 4. The number of hydrogen-bond donors (Lipinski definition) is 3. The predicted molar refractivity (Wildman–Crippen MR) is 64.8 cm³/mol. The quantitative estimate of drug-likeness (QED) is 0.667. The van der Waals surface area contributed by atoms with E-state index in [9.17, 15) is 14.7 Å². The van der Waals surface area contributed by atoms with Crippen LogP contribution in [0.1, 0.15) is 23.2 Å². The second kappa shape index (κ2) is 6.61. The Labute approximate surface area is 104 Å². The van der Waals surface area contributed by atoms with Crippen molar-refractivity contribution in [3.63, 3.8) is 0 Å². The molecule has 3 N–H and O–H groups in total. The van der Waals surface area contributed by atoms with E-state index in [0.717, 1.165) is 0 Å². The van der Waals surface area contributed by atoms with Crippen LogP contribution in [0, 0.1) is 0 Å². The topological polar surface area (TPSA) is 95.9 Å². The van der Waals surface area contributed by atoms with E-state index in [0.29, 0.717) is 25.1 Å². The van der Waals surface area contributed by atoms with Crippen molar-refractivity contribution < 1.29 is 24.5 Å². The second-order valence-electron chi connectivity index (χ2n) is 3.68. The van der Waals surface area contributed by atoms with Crippen LogP contribution in [-0.2, 0) is 9.53 Å². The summed E-state index contributed by atoms with van der Waals surface area (Å²) in [5, 5.41) is 20.7. The SMILES string of the molecule is COCCCC(=O)Nc1ccc(C(=O)O)c(O)c1. The molecule has 0 radical (unpaired) electrons. The summed E-state index contributed by atoms with van der Waals surface area (Å²) in [4.78, 5) is 22.1. The molecule has 0 fully saturated rings. The molecule has 0 spiro atoms. The van der Waals surface area contributed by atoms with E-state index >= 15 is 0 Å². The van der Waals surface area contributed by atoms with Gasteiger partial charge < -0.3 is 20.3 Å². The smallest absolute Gasteiger partial charge is 0.339 e. The molecule has 1 aromatic carbocycles. The van der Waals surface area contributed by atoms with Crippen LogP contribution < -0.4 is 5.32 Å². The van der Waals surface area contributed by atoms with Gasteiger partial charge in [-0.25, -0.2) is 4.79 Å². The van der Waals surface area contributed by atoms with Gasteiger partial charge in [-0.3, -0.25) is 4.79 Å². The van der Waals surface area contributed by atoms with Crippen LogP contribution in [0.2, 0.25) is 0 Å². The first-order valence-electron chi connectivity index (χ1n) is 5.39. The van der Waals surface area contributed by atoms with Crippen LogP contribution in [0.3, 0.4) is 0 Å². The normalized spacial score (nSPS) is 10.1. The van der Waals surface area contributed by atoms with Gasteiger partial charge in [-0.1, -0.05) is 0 Å². The Balaban J connectivity index is 2.60. The fraction of sp³-hybridized carbons (Fsp3) is 0.333.